The van der Waals surface area contributed by atoms with Crippen molar-refractivity contribution in [1.82, 2.24) is 0 Å². The highest BCUT2D eigenvalue weighted by atomic mass is 19.1. The molecule has 1 saturated heterocycles. The smallest absolute Gasteiger partial charge is 0.133 e. The number of ether oxygens (including phenoxy) is 2. The van der Waals surface area contributed by atoms with Crippen molar-refractivity contribution in [2.24, 2.45) is 11.1 Å². The highest BCUT2D eigenvalue weighted by Gasteiger charge is 2.50. The van der Waals surface area contributed by atoms with Gasteiger partial charge in [0, 0.05) is 25.2 Å². The zero-order chi connectivity index (χ0) is 14.8. The van der Waals surface area contributed by atoms with E-state index in [1.807, 2.05) is 0 Å². The van der Waals surface area contributed by atoms with E-state index in [0.717, 1.165) is 0 Å². The summed E-state index contributed by atoms with van der Waals surface area (Å²) in [5.41, 5.74) is 4.08. The first-order valence-electron chi connectivity index (χ1n) is 6.82. The van der Waals surface area contributed by atoms with Gasteiger partial charge in [0.2, 0.25) is 0 Å². The minimum atomic E-state index is -1.41. The lowest BCUT2D eigenvalue weighted by Gasteiger charge is -2.47. The van der Waals surface area contributed by atoms with Crippen molar-refractivity contribution in [2.45, 2.75) is 25.4 Å². The summed E-state index contributed by atoms with van der Waals surface area (Å²) in [5.74, 6) is -0.136. The van der Waals surface area contributed by atoms with E-state index in [0.29, 0.717) is 31.8 Å². The lowest BCUT2D eigenvalue weighted by molar-refractivity contribution is -0.126. The number of rotatable bonds is 4. The van der Waals surface area contributed by atoms with Gasteiger partial charge in [0.25, 0.3) is 0 Å². The summed E-state index contributed by atoms with van der Waals surface area (Å²) in [5, 5.41) is 11.1. The number of halogens is 1. The van der Waals surface area contributed by atoms with Crippen molar-refractivity contribution in [2.75, 3.05) is 26.9 Å². The van der Waals surface area contributed by atoms with Gasteiger partial charge < -0.3 is 20.3 Å². The van der Waals surface area contributed by atoms with Gasteiger partial charge in [-0.3, -0.25) is 0 Å². The zero-order valence-corrected chi connectivity index (χ0v) is 12.0. The van der Waals surface area contributed by atoms with Gasteiger partial charge in [-0.05, 0) is 31.9 Å². The van der Waals surface area contributed by atoms with E-state index < -0.39 is 16.8 Å². The molecule has 0 spiro atoms. The maximum Gasteiger partial charge on any atom is 0.133 e. The van der Waals surface area contributed by atoms with Crippen molar-refractivity contribution in [3.8, 4) is 5.75 Å². The SMILES string of the molecule is COc1cccc(F)c1C(C)(O)C1(CN)CCOCC1. The lowest BCUT2D eigenvalue weighted by Crippen LogP contribution is -2.52. The number of benzene rings is 1. The summed E-state index contributed by atoms with van der Waals surface area (Å²) in [6.07, 6.45) is 1.18. The average Bonchev–Trinajstić information content (AvgIpc) is 2.47. The van der Waals surface area contributed by atoms with Crippen LogP contribution in [0.5, 0.6) is 5.75 Å². The molecule has 4 nitrogen and oxygen atoms in total. The highest BCUT2D eigenvalue weighted by molar-refractivity contribution is 5.40. The Morgan fingerprint density at radius 1 is 1.45 bits per heavy atom. The van der Waals surface area contributed by atoms with Gasteiger partial charge in [-0.1, -0.05) is 6.07 Å². The summed E-state index contributed by atoms with van der Waals surface area (Å²) >= 11 is 0. The predicted molar refractivity (Wildman–Crippen MR) is 74.1 cm³/mol. The van der Waals surface area contributed by atoms with E-state index in [1.54, 1.807) is 19.1 Å². The molecular formula is C15H22FNO3. The molecule has 0 saturated carbocycles. The molecule has 1 unspecified atom stereocenters. The molecule has 1 aliphatic rings. The molecule has 2 rings (SSSR count). The van der Waals surface area contributed by atoms with E-state index in [4.69, 9.17) is 15.2 Å². The molecule has 112 valence electrons. The summed E-state index contributed by atoms with van der Waals surface area (Å²) in [4.78, 5) is 0. The van der Waals surface area contributed by atoms with Crippen molar-refractivity contribution in [3.63, 3.8) is 0 Å². The van der Waals surface area contributed by atoms with E-state index in [-0.39, 0.29) is 12.1 Å². The third-order valence-corrected chi connectivity index (χ3v) is 4.56. The fourth-order valence-corrected chi connectivity index (χ4v) is 3.06. The maximum atomic E-state index is 14.3. The van der Waals surface area contributed by atoms with Gasteiger partial charge in [0.15, 0.2) is 0 Å². The minimum absolute atomic E-state index is 0.176. The van der Waals surface area contributed by atoms with Gasteiger partial charge in [-0.25, -0.2) is 4.39 Å². The molecular weight excluding hydrogens is 261 g/mol. The first-order valence-corrected chi connectivity index (χ1v) is 6.82. The Kier molecular flexibility index (Phi) is 4.32. The van der Waals surface area contributed by atoms with Gasteiger partial charge in [-0.15, -0.1) is 0 Å². The second-order valence-corrected chi connectivity index (χ2v) is 5.49. The second-order valence-electron chi connectivity index (χ2n) is 5.49. The van der Waals surface area contributed by atoms with Crippen LogP contribution in [0, 0.1) is 11.2 Å². The van der Waals surface area contributed by atoms with Crippen LogP contribution in [0.1, 0.15) is 25.3 Å². The molecule has 3 N–H and O–H groups in total. The molecule has 0 aliphatic carbocycles. The Morgan fingerprint density at radius 2 is 2.10 bits per heavy atom. The van der Waals surface area contributed by atoms with Gasteiger partial charge in [0.05, 0.1) is 12.7 Å². The molecule has 1 aromatic carbocycles. The second kappa shape index (κ2) is 5.68. The van der Waals surface area contributed by atoms with Crippen LogP contribution in [0.2, 0.25) is 0 Å². The number of hydrogen-bond donors (Lipinski definition) is 2. The molecule has 1 atom stereocenters. The van der Waals surface area contributed by atoms with Crippen LogP contribution in [-0.4, -0.2) is 32.0 Å². The van der Waals surface area contributed by atoms with Gasteiger partial charge >= 0.3 is 0 Å². The molecule has 20 heavy (non-hydrogen) atoms. The van der Waals surface area contributed by atoms with Crippen LogP contribution in [0.15, 0.2) is 18.2 Å². The first kappa shape index (κ1) is 15.2. The van der Waals surface area contributed by atoms with Crippen molar-refractivity contribution in [3.05, 3.63) is 29.6 Å². The molecule has 0 amide bonds. The predicted octanol–water partition coefficient (Wildman–Crippen LogP) is 1.80. The number of methoxy groups -OCH3 is 1. The standard InChI is InChI=1S/C15H22FNO3/c1-14(18,15(10-17)6-8-20-9-7-15)13-11(16)4-3-5-12(13)19-2/h3-5,18H,6-10,17H2,1-2H3. The summed E-state index contributed by atoms with van der Waals surface area (Å²) in [7, 11) is 1.47. The molecule has 1 heterocycles. The quantitative estimate of drug-likeness (QED) is 0.884. The fraction of sp³-hybridized carbons (Fsp3) is 0.600. The van der Waals surface area contributed by atoms with Gasteiger partial charge in [-0.2, -0.15) is 0 Å². The van der Waals surface area contributed by atoms with Crippen LogP contribution >= 0.6 is 0 Å². The monoisotopic (exact) mass is 283 g/mol. The maximum absolute atomic E-state index is 14.3. The van der Waals surface area contributed by atoms with Crippen LogP contribution in [0.3, 0.4) is 0 Å². The van der Waals surface area contributed by atoms with E-state index in [2.05, 4.69) is 0 Å². The summed E-state index contributed by atoms with van der Waals surface area (Å²) < 4.78 is 24.9. The van der Waals surface area contributed by atoms with Crippen molar-refractivity contribution >= 4 is 0 Å². The van der Waals surface area contributed by atoms with Crippen LogP contribution in [0.25, 0.3) is 0 Å². The summed E-state index contributed by atoms with van der Waals surface area (Å²) in [6, 6.07) is 4.54. The van der Waals surface area contributed by atoms with Crippen molar-refractivity contribution < 1.29 is 19.0 Å². The van der Waals surface area contributed by atoms with Crippen molar-refractivity contribution in [1.29, 1.82) is 0 Å². The molecule has 1 fully saturated rings. The van der Waals surface area contributed by atoms with Gasteiger partial charge in [0.1, 0.15) is 17.2 Å². The lowest BCUT2D eigenvalue weighted by atomic mass is 9.64. The Morgan fingerprint density at radius 3 is 2.65 bits per heavy atom. The van der Waals surface area contributed by atoms with E-state index in [1.165, 1.54) is 13.2 Å². The molecule has 1 aromatic rings. The first-order chi connectivity index (χ1) is 9.48. The Labute approximate surface area is 118 Å². The third kappa shape index (κ3) is 2.30. The zero-order valence-electron chi connectivity index (χ0n) is 12.0. The number of hydrogen-bond acceptors (Lipinski definition) is 4. The fourth-order valence-electron chi connectivity index (χ4n) is 3.06. The Balaban J connectivity index is 2.53. The Hall–Kier alpha value is -1.17. The molecule has 0 bridgehead atoms. The molecule has 5 heteroatoms. The normalized spacial score (nSPS) is 21.2. The Bertz CT molecular complexity index is 470. The molecule has 1 aliphatic heterocycles. The van der Waals surface area contributed by atoms with E-state index >= 15 is 0 Å². The minimum Gasteiger partial charge on any atom is -0.496 e. The highest BCUT2D eigenvalue weighted by Crippen LogP contribution is 2.49. The molecule has 0 radical (unpaired) electrons. The van der Waals surface area contributed by atoms with Crippen LogP contribution in [-0.2, 0) is 10.3 Å². The summed E-state index contributed by atoms with van der Waals surface area (Å²) in [6.45, 7) is 2.92. The van der Waals surface area contributed by atoms with E-state index in [9.17, 15) is 9.50 Å². The number of nitrogens with two attached hydrogens (primary N) is 1. The van der Waals surface area contributed by atoms with Crippen LogP contribution in [0.4, 0.5) is 4.39 Å². The average molecular weight is 283 g/mol. The third-order valence-electron chi connectivity index (χ3n) is 4.56. The largest absolute Gasteiger partial charge is 0.496 e. The molecule has 0 aromatic heterocycles. The van der Waals surface area contributed by atoms with Crippen LogP contribution < -0.4 is 10.5 Å². The topological polar surface area (TPSA) is 64.7 Å². The number of aliphatic hydroxyl groups is 1.